The molecule has 0 spiro atoms. The van der Waals surface area contributed by atoms with Crippen molar-refractivity contribution in [3.63, 3.8) is 0 Å². The first-order chi connectivity index (χ1) is 15.4. The Kier molecular flexibility index (Phi) is 7.66. The van der Waals surface area contributed by atoms with Gasteiger partial charge < -0.3 is 28.1 Å². The average Bonchev–Trinajstić information content (AvgIpc) is 3.27. The van der Waals surface area contributed by atoms with E-state index in [4.69, 9.17) is 51.3 Å². The van der Waals surface area contributed by atoms with E-state index in [1.165, 1.54) is 34.3 Å². The SMILES string of the molecule is COc1cc(-c2nnc(COC(=O)C(C)Oc3ccc(Cl)cc3Cl)o2)cc(OC)c1OC. The molecule has 0 radical (unpaired) electrons. The minimum atomic E-state index is -0.925. The van der Waals surface area contributed by atoms with Crippen LogP contribution >= 0.6 is 23.2 Å². The fourth-order valence-electron chi connectivity index (χ4n) is 2.69. The summed E-state index contributed by atoms with van der Waals surface area (Å²) in [5.74, 6) is 1.25. The third-order valence-electron chi connectivity index (χ3n) is 4.25. The summed E-state index contributed by atoms with van der Waals surface area (Å²) in [5, 5.41) is 8.62. The van der Waals surface area contributed by atoms with Crippen LogP contribution in [-0.2, 0) is 16.1 Å². The summed E-state index contributed by atoms with van der Waals surface area (Å²) in [6.07, 6.45) is -0.925. The van der Waals surface area contributed by atoms with E-state index in [9.17, 15) is 4.79 Å². The van der Waals surface area contributed by atoms with Gasteiger partial charge in [-0.25, -0.2) is 4.79 Å². The molecule has 0 saturated heterocycles. The number of rotatable bonds is 9. The number of carbonyl (C=O) groups excluding carboxylic acids is 1. The van der Waals surface area contributed by atoms with Crippen LogP contribution in [0.15, 0.2) is 34.7 Å². The van der Waals surface area contributed by atoms with Gasteiger partial charge in [0.05, 0.1) is 26.4 Å². The Morgan fingerprint density at radius 3 is 2.28 bits per heavy atom. The Morgan fingerprint density at radius 2 is 1.69 bits per heavy atom. The second-order valence-corrected chi connectivity index (χ2v) is 7.20. The molecule has 0 bridgehead atoms. The predicted molar refractivity (Wildman–Crippen MR) is 116 cm³/mol. The number of esters is 1. The highest BCUT2D eigenvalue weighted by molar-refractivity contribution is 6.35. The van der Waals surface area contributed by atoms with Crippen molar-refractivity contribution in [2.45, 2.75) is 19.6 Å². The molecule has 0 N–H and O–H groups in total. The second-order valence-electron chi connectivity index (χ2n) is 6.36. The number of ether oxygens (including phenoxy) is 5. The van der Waals surface area contributed by atoms with Gasteiger partial charge in [-0.3, -0.25) is 0 Å². The lowest BCUT2D eigenvalue weighted by Gasteiger charge is -2.14. The first-order valence-corrected chi connectivity index (χ1v) is 10.0. The van der Waals surface area contributed by atoms with Crippen LogP contribution in [0.4, 0.5) is 0 Å². The molecule has 3 aromatic rings. The highest BCUT2D eigenvalue weighted by atomic mass is 35.5. The first-order valence-electron chi connectivity index (χ1n) is 9.27. The Bertz CT molecular complexity index is 1080. The van der Waals surface area contributed by atoms with Gasteiger partial charge in [0.15, 0.2) is 24.2 Å². The number of nitrogens with zero attached hydrogens (tertiary/aromatic N) is 2. The Balaban J connectivity index is 1.66. The van der Waals surface area contributed by atoms with E-state index in [1.54, 1.807) is 24.3 Å². The summed E-state index contributed by atoms with van der Waals surface area (Å²) >= 11 is 11.9. The molecule has 0 fully saturated rings. The molecule has 2 aromatic carbocycles. The maximum Gasteiger partial charge on any atom is 0.347 e. The molecule has 9 nitrogen and oxygen atoms in total. The van der Waals surface area contributed by atoms with Crippen LogP contribution in [0.1, 0.15) is 12.8 Å². The molecule has 0 aliphatic heterocycles. The third-order valence-corrected chi connectivity index (χ3v) is 4.78. The molecule has 0 aliphatic carbocycles. The highest BCUT2D eigenvalue weighted by Gasteiger charge is 2.21. The molecule has 0 amide bonds. The van der Waals surface area contributed by atoms with Crippen LogP contribution in [-0.4, -0.2) is 43.6 Å². The molecule has 32 heavy (non-hydrogen) atoms. The van der Waals surface area contributed by atoms with Crippen molar-refractivity contribution < 1.29 is 32.9 Å². The summed E-state index contributed by atoms with van der Waals surface area (Å²) in [5.41, 5.74) is 0.540. The van der Waals surface area contributed by atoms with Crippen molar-refractivity contribution in [1.82, 2.24) is 10.2 Å². The summed E-state index contributed by atoms with van der Waals surface area (Å²) in [6, 6.07) is 8.01. The smallest absolute Gasteiger partial charge is 0.347 e. The number of hydrogen-bond acceptors (Lipinski definition) is 9. The van der Waals surface area contributed by atoms with Gasteiger partial charge in [-0.15, -0.1) is 10.2 Å². The quantitative estimate of drug-likeness (QED) is 0.405. The normalized spacial score (nSPS) is 11.6. The summed E-state index contributed by atoms with van der Waals surface area (Å²) < 4.78 is 32.3. The van der Waals surface area contributed by atoms with Crippen LogP contribution in [0, 0.1) is 0 Å². The Labute approximate surface area is 194 Å². The molecule has 0 saturated carbocycles. The number of hydrogen-bond donors (Lipinski definition) is 0. The third kappa shape index (κ3) is 5.35. The van der Waals surface area contributed by atoms with Crippen molar-refractivity contribution >= 4 is 29.2 Å². The minimum Gasteiger partial charge on any atom is -0.493 e. The summed E-state index contributed by atoms with van der Waals surface area (Å²) in [4.78, 5) is 12.3. The predicted octanol–water partition coefficient (Wildman–Crippen LogP) is 4.58. The van der Waals surface area contributed by atoms with Crippen molar-refractivity contribution in [2.75, 3.05) is 21.3 Å². The second kappa shape index (κ2) is 10.4. The van der Waals surface area contributed by atoms with Crippen LogP contribution in [0.5, 0.6) is 23.0 Å². The maximum absolute atomic E-state index is 12.3. The van der Waals surface area contributed by atoms with Crippen molar-refractivity contribution in [1.29, 1.82) is 0 Å². The first kappa shape index (κ1) is 23.5. The number of carbonyl (C=O) groups is 1. The number of halogens is 2. The lowest BCUT2D eigenvalue weighted by Crippen LogP contribution is -2.26. The van der Waals surface area contributed by atoms with Crippen molar-refractivity contribution in [3.8, 4) is 34.5 Å². The molecule has 0 aliphatic rings. The largest absolute Gasteiger partial charge is 0.493 e. The van der Waals surface area contributed by atoms with E-state index in [0.29, 0.717) is 33.6 Å². The average molecular weight is 483 g/mol. The minimum absolute atomic E-state index is 0.0961. The van der Waals surface area contributed by atoms with Gasteiger partial charge in [-0.2, -0.15) is 0 Å². The van der Waals surface area contributed by atoms with Crippen LogP contribution < -0.4 is 18.9 Å². The van der Waals surface area contributed by atoms with Gasteiger partial charge in [0.25, 0.3) is 5.89 Å². The van der Waals surface area contributed by atoms with Crippen molar-refractivity contribution in [3.05, 3.63) is 46.3 Å². The molecule has 1 heterocycles. The van der Waals surface area contributed by atoms with Crippen molar-refractivity contribution in [2.24, 2.45) is 0 Å². The topological polar surface area (TPSA) is 102 Å². The van der Waals surface area contributed by atoms with Gasteiger partial charge in [0.2, 0.25) is 11.6 Å². The molecular weight excluding hydrogens is 463 g/mol. The molecule has 1 unspecified atom stereocenters. The van der Waals surface area contributed by atoms with Crippen LogP contribution in [0.2, 0.25) is 10.0 Å². The zero-order valence-electron chi connectivity index (χ0n) is 17.7. The summed E-state index contributed by atoms with van der Waals surface area (Å²) in [6.45, 7) is 1.29. The van der Waals surface area contributed by atoms with E-state index in [2.05, 4.69) is 10.2 Å². The van der Waals surface area contributed by atoms with E-state index in [-0.39, 0.29) is 23.4 Å². The zero-order valence-corrected chi connectivity index (χ0v) is 19.2. The lowest BCUT2D eigenvalue weighted by atomic mass is 10.2. The summed E-state index contributed by atoms with van der Waals surface area (Å²) in [7, 11) is 4.51. The standard InChI is InChI=1S/C21H20Cl2N2O7/c1-11(31-15-6-5-13(22)9-14(15)23)21(26)30-10-18-24-25-20(32-18)12-7-16(27-2)19(29-4)17(8-12)28-3/h5-9,11H,10H2,1-4H3. The van der Waals surface area contributed by atoms with Gasteiger partial charge in [-0.1, -0.05) is 23.2 Å². The molecule has 1 atom stereocenters. The van der Waals surface area contributed by atoms with E-state index < -0.39 is 12.1 Å². The Hall–Kier alpha value is -3.17. The van der Waals surface area contributed by atoms with Crippen LogP contribution in [0.25, 0.3) is 11.5 Å². The Morgan fingerprint density at radius 1 is 1.00 bits per heavy atom. The van der Waals surface area contributed by atoms with Crippen LogP contribution in [0.3, 0.4) is 0 Å². The van der Waals surface area contributed by atoms with E-state index in [0.717, 1.165) is 0 Å². The maximum atomic E-state index is 12.3. The van der Waals surface area contributed by atoms with E-state index >= 15 is 0 Å². The van der Waals surface area contributed by atoms with Gasteiger partial charge in [0, 0.05) is 10.6 Å². The lowest BCUT2D eigenvalue weighted by molar-refractivity contribution is -0.153. The number of aromatic nitrogens is 2. The molecule has 11 heteroatoms. The zero-order chi connectivity index (χ0) is 23.3. The molecule has 3 rings (SSSR count). The van der Waals surface area contributed by atoms with Gasteiger partial charge >= 0.3 is 5.97 Å². The molecular formula is C21H20Cl2N2O7. The monoisotopic (exact) mass is 482 g/mol. The van der Waals surface area contributed by atoms with E-state index in [1.807, 2.05) is 0 Å². The fourth-order valence-corrected chi connectivity index (χ4v) is 3.15. The molecule has 170 valence electrons. The number of methoxy groups -OCH3 is 3. The van der Waals surface area contributed by atoms with Gasteiger partial charge in [0.1, 0.15) is 5.75 Å². The number of benzene rings is 2. The highest BCUT2D eigenvalue weighted by Crippen LogP contribution is 2.40. The van der Waals surface area contributed by atoms with Gasteiger partial charge in [-0.05, 0) is 37.3 Å². The molecule has 1 aromatic heterocycles. The fraction of sp³-hybridized carbons (Fsp3) is 0.286.